The van der Waals surface area contributed by atoms with Crippen molar-refractivity contribution in [3.8, 4) is 21.8 Å². The number of sulfone groups is 1. The Bertz CT molecular complexity index is 1530. The maximum atomic E-state index is 15.6. The van der Waals surface area contributed by atoms with E-state index in [0.29, 0.717) is 22.9 Å². The Morgan fingerprint density at radius 2 is 1.86 bits per heavy atom. The third-order valence-electron chi connectivity index (χ3n) is 8.32. The molecule has 37 heavy (non-hydrogen) atoms. The van der Waals surface area contributed by atoms with Gasteiger partial charge in [-0.25, -0.2) is 27.8 Å². The number of halogens is 1. The average Bonchev–Trinajstić information content (AvgIpc) is 3.15. The van der Waals surface area contributed by atoms with Crippen LogP contribution in [0.3, 0.4) is 0 Å². The van der Waals surface area contributed by atoms with Gasteiger partial charge in [-0.1, -0.05) is 6.07 Å². The largest absolute Gasteiger partial charge is 0.351 e. The van der Waals surface area contributed by atoms with Crippen LogP contribution in [-0.4, -0.2) is 46.8 Å². The molecule has 0 atom stereocenters. The topological polar surface area (TPSA) is 114 Å². The molecule has 1 spiro atoms. The Morgan fingerprint density at radius 3 is 2.51 bits per heavy atom. The number of benzene rings is 1. The second-order valence-electron chi connectivity index (χ2n) is 11.4. The van der Waals surface area contributed by atoms with Crippen LogP contribution in [0.2, 0.25) is 0 Å². The lowest BCUT2D eigenvalue weighted by Gasteiger charge is -2.60. The van der Waals surface area contributed by atoms with E-state index in [0.717, 1.165) is 47.9 Å². The first kappa shape index (κ1) is 23.2. The number of carbonyl (C=O) groups excluding carboxylic acids is 1. The van der Waals surface area contributed by atoms with Crippen molar-refractivity contribution < 1.29 is 17.6 Å². The molecule has 5 fully saturated rings. The summed E-state index contributed by atoms with van der Waals surface area (Å²) < 4.78 is 38.8. The maximum absolute atomic E-state index is 15.6. The zero-order chi connectivity index (χ0) is 25.6. The molecule has 2 N–H and O–H groups in total. The van der Waals surface area contributed by atoms with Crippen molar-refractivity contribution in [2.75, 3.05) is 22.1 Å². The van der Waals surface area contributed by atoms with Gasteiger partial charge >= 0.3 is 0 Å². The quantitative estimate of drug-likeness (QED) is 0.477. The van der Waals surface area contributed by atoms with Crippen molar-refractivity contribution in [2.24, 2.45) is 11.3 Å². The molecular formula is C26H26FN5O3S2. The van der Waals surface area contributed by atoms with Crippen LogP contribution in [0, 0.1) is 17.2 Å². The molecule has 1 amide bonds. The molecule has 8 nitrogen and oxygen atoms in total. The molecule has 4 aliphatic carbocycles. The number of rotatable bonds is 6. The second kappa shape index (κ2) is 7.80. The Hall–Kier alpha value is -2.92. The van der Waals surface area contributed by atoms with Crippen LogP contribution >= 0.6 is 11.3 Å². The van der Waals surface area contributed by atoms with Crippen LogP contribution in [0.4, 0.5) is 16.0 Å². The smallest absolute Gasteiger partial charge is 0.223 e. The summed E-state index contributed by atoms with van der Waals surface area (Å²) in [6.07, 6.45) is 6.65. The Balaban J connectivity index is 1.21. The number of hydrogen-bond acceptors (Lipinski definition) is 8. The highest BCUT2D eigenvalue weighted by atomic mass is 32.2. The van der Waals surface area contributed by atoms with Gasteiger partial charge in [-0.2, -0.15) is 0 Å². The van der Waals surface area contributed by atoms with E-state index in [1.807, 2.05) is 6.07 Å². The maximum Gasteiger partial charge on any atom is 0.223 e. The van der Waals surface area contributed by atoms with Crippen molar-refractivity contribution in [3.05, 3.63) is 41.3 Å². The molecule has 1 aliphatic heterocycles. The third-order valence-corrected chi connectivity index (χ3v) is 11.7. The minimum atomic E-state index is -2.86. The lowest BCUT2D eigenvalue weighted by Crippen LogP contribution is -2.60. The number of aromatic nitrogens is 3. The first-order valence-electron chi connectivity index (χ1n) is 12.5. The summed E-state index contributed by atoms with van der Waals surface area (Å²) in [5, 5.41) is 6.93. The number of thiazole rings is 1. The second-order valence-corrected chi connectivity index (χ2v) is 14.4. The van der Waals surface area contributed by atoms with Crippen molar-refractivity contribution in [1.29, 1.82) is 0 Å². The number of hydrogen-bond donors (Lipinski definition) is 2. The standard InChI is InChI=1S/C26H26FN5O3S2/c1-14(33)29-18-4-2-3-17(20(18)27)21-22(36-23(32-21)26-7-15(8-26)9-26)19-5-6-28-24(31-19)30-16-10-25(11-16)12-37(34,35)13-25/h2-6,15-16H,7-13H2,1H3,(H,29,33)(H,28,30,31). The van der Waals surface area contributed by atoms with Crippen LogP contribution < -0.4 is 10.6 Å². The van der Waals surface area contributed by atoms with E-state index in [2.05, 4.69) is 15.6 Å². The predicted octanol–water partition coefficient (Wildman–Crippen LogP) is 4.41. The fourth-order valence-corrected chi connectivity index (χ4v) is 10.1. The molecule has 4 saturated carbocycles. The molecule has 8 rings (SSSR count). The van der Waals surface area contributed by atoms with Crippen molar-refractivity contribution in [1.82, 2.24) is 15.0 Å². The molecular weight excluding hydrogens is 513 g/mol. The number of amides is 1. The van der Waals surface area contributed by atoms with E-state index in [9.17, 15) is 13.2 Å². The van der Waals surface area contributed by atoms with Gasteiger partial charge in [-0.15, -0.1) is 11.3 Å². The highest BCUT2D eigenvalue weighted by molar-refractivity contribution is 7.92. The van der Waals surface area contributed by atoms with Crippen LogP contribution in [0.5, 0.6) is 0 Å². The molecule has 5 aliphatic rings. The fraction of sp³-hybridized carbons (Fsp3) is 0.462. The van der Waals surface area contributed by atoms with Gasteiger partial charge < -0.3 is 10.6 Å². The zero-order valence-corrected chi connectivity index (χ0v) is 21.9. The normalized spacial score (nSPS) is 26.4. The highest BCUT2D eigenvalue weighted by Crippen LogP contribution is 2.66. The first-order chi connectivity index (χ1) is 17.6. The van der Waals surface area contributed by atoms with Crippen LogP contribution in [-0.2, 0) is 20.0 Å². The molecule has 11 heteroatoms. The number of carbonyl (C=O) groups is 1. The van der Waals surface area contributed by atoms with E-state index in [-0.39, 0.29) is 40.0 Å². The number of nitrogens with one attached hydrogen (secondary N) is 2. The van der Waals surface area contributed by atoms with E-state index in [1.165, 1.54) is 6.92 Å². The summed E-state index contributed by atoms with van der Waals surface area (Å²) in [6.45, 7) is 1.35. The average molecular weight is 540 g/mol. The number of nitrogens with zero attached hydrogens (tertiary/aromatic N) is 3. The van der Waals surface area contributed by atoms with Crippen molar-refractivity contribution in [2.45, 2.75) is 50.5 Å². The van der Waals surface area contributed by atoms with Crippen LogP contribution in [0.1, 0.15) is 44.0 Å². The molecule has 192 valence electrons. The molecule has 2 bridgehead atoms. The highest BCUT2D eigenvalue weighted by Gasteiger charge is 2.59. The van der Waals surface area contributed by atoms with E-state index in [4.69, 9.17) is 9.97 Å². The minimum absolute atomic E-state index is 0.0764. The molecule has 0 unspecified atom stereocenters. The molecule has 2 aromatic heterocycles. The minimum Gasteiger partial charge on any atom is -0.351 e. The molecule has 3 heterocycles. The summed E-state index contributed by atoms with van der Waals surface area (Å²) in [6, 6.07) is 6.89. The lowest BCUT2D eigenvalue weighted by molar-refractivity contribution is -0.114. The third kappa shape index (κ3) is 3.77. The van der Waals surface area contributed by atoms with Crippen molar-refractivity contribution in [3.63, 3.8) is 0 Å². The first-order valence-corrected chi connectivity index (χ1v) is 15.1. The van der Waals surface area contributed by atoms with Gasteiger partial charge in [-0.05, 0) is 56.2 Å². The summed E-state index contributed by atoms with van der Waals surface area (Å²) in [7, 11) is -2.86. The van der Waals surface area contributed by atoms with Gasteiger partial charge in [0.05, 0.1) is 33.5 Å². The monoisotopic (exact) mass is 539 g/mol. The van der Waals surface area contributed by atoms with E-state index >= 15 is 4.39 Å². The van der Waals surface area contributed by atoms with Gasteiger partial charge in [0.25, 0.3) is 0 Å². The molecule has 1 aromatic carbocycles. The molecule has 0 radical (unpaired) electrons. The zero-order valence-electron chi connectivity index (χ0n) is 20.3. The fourth-order valence-electron chi connectivity index (χ4n) is 6.60. The van der Waals surface area contributed by atoms with Gasteiger partial charge in [0.2, 0.25) is 11.9 Å². The van der Waals surface area contributed by atoms with Gasteiger partial charge in [0.15, 0.2) is 15.7 Å². The SMILES string of the molecule is CC(=O)Nc1cccc(-c2nc(C34CC(C3)C4)sc2-c2ccnc(NC3CC4(C3)CS(=O)(=O)C4)n2)c1F. The van der Waals surface area contributed by atoms with Crippen LogP contribution in [0.15, 0.2) is 30.5 Å². The molecule has 1 saturated heterocycles. The lowest BCUT2D eigenvalue weighted by atomic mass is 9.45. The van der Waals surface area contributed by atoms with Gasteiger partial charge in [0.1, 0.15) is 5.01 Å². The summed E-state index contributed by atoms with van der Waals surface area (Å²) in [5.41, 5.74) is 1.67. The predicted molar refractivity (Wildman–Crippen MR) is 140 cm³/mol. The van der Waals surface area contributed by atoms with Crippen LogP contribution in [0.25, 0.3) is 21.8 Å². The van der Waals surface area contributed by atoms with Gasteiger partial charge in [-0.3, -0.25) is 4.79 Å². The summed E-state index contributed by atoms with van der Waals surface area (Å²) in [5.74, 6) is 0.944. The Morgan fingerprint density at radius 1 is 1.11 bits per heavy atom. The van der Waals surface area contributed by atoms with E-state index < -0.39 is 15.7 Å². The molecule has 3 aromatic rings. The Labute approximate surface area is 218 Å². The van der Waals surface area contributed by atoms with Crippen molar-refractivity contribution >= 4 is 38.7 Å². The Kier molecular flexibility index (Phi) is 4.89. The number of anilines is 2. The summed E-state index contributed by atoms with van der Waals surface area (Å²) >= 11 is 1.57. The van der Waals surface area contributed by atoms with E-state index in [1.54, 1.807) is 35.7 Å². The summed E-state index contributed by atoms with van der Waals surface area (Å²) in [4.78, 5) is 26.5. The van der Waals surface area contributed by atoms with Gasteiger partial charge in [0, 0.05) is 35.6 Å².